The summed E-state index contributed by atoms with van der Waals surface area (Å²) in [6, 6.07) is 22.2. The summed E-state index contributed by atoms with van der Waals surface area (Å²) in [5, 5.41) is 3.27. The van der Waals surface area contributed by atoms with Crippen molar-refractivity contribution in [1.29, 1.82) is 0 Å². The molecule has 2 aromatic carbocycles. The molecule has 0 saturated carbocycles. The van der Waals surface area contributed by atoms with E-state index in [1.165, 1.54) is 126 Å². The molecule has 0 nitrogen and oxygen atoms in total. The molecule has 3 rings (SSSR count). The van der Waals surface area contributed by atoms with E-state index in [9.17, 15) is 0 Å². The maximum Gasteiger partial charge on any atom is 4.00 e. The Balaban J connectivity index is 0. The van der Waals surface area contributed by atoms with Crippen LogP contribution in [0.25, 0.3) is 5.57 Å². The van der Waals surface area contributed by atoms with Crippen molar-refractivity contribution in [3.05, 3.63) is 83.1 Å². The largest absolute Gasteiger partial charge is 4.00 e. The minimum atomic E-state index is -0.476. The molecule has 0 radical (unpaired) electrons. The van der Waals surface area contributed by atoms with Crippen LogP contribution in [0.2, 0.25) is 0 Å². The summed E-state index contributed by atoms with van der Waals surface area (Å²) in [7, 11) is -0.476. The normalized spacial score (nSPS) is 14.2. The average molecular weight is 668 g/mol. The van der Waals surface area contributed by atoms with E-state index in [2.05, 4.69) is 80.6 Å². The monoisotopic (exact) mass is 666 g/mol. The third-order valence-corrected chi connectivity index (χ3v) is 10.3. The average Bonchev–Trinajstić information content (AvgIpc) is 3.24. The molecule has 0 spiro atoms. The number of benzene rings is 2. The topological polar surface area (TPSA) is 0 Å². The van der Waals surface area contributed by atoms with Crippen molar-refractivity contribution in [3.63, 3.8) is 0 Å². The van der Waals surface area contributed by atoms with E-state index in [1.54, 1.807) is 10.4 Å². The Labute approximate surface area is 289 Å². The van der Waals surface area contributed by atoms with E-state index in [0.717, 1.165) is 0 Å². The van der Waals surface area contributed by atoms with Crippen molar-refractivity contribution < 1.29 is 58.9 Å². The van der Waals surface area contributed by atoms with Crippen molar-refractivity contribution >= 4 is 20.3 Å². The van der Waals surface area contributed by atoms with Gasteiger partial charge in [-0.1, -0.05) is 183 Å². The number of halogens is 3. The zero-order chi connectivity index (χ0) is 26.0. The Kier molecular flexibility index (Phi) is 28.5. The van der Waals surface area contributed by atoms with Gasteiger partial charge in [-0.05, 0) is 0 Å². The maximum absolute atomic E-state index is 3.83. The summed E-state index contributed by atoms with van der Waals surface area (Å²) in [6.07, 6.45) is 28.1. The Morgan fingerprint density at radius 1 is 0.585 bits per heavy atom. The smallest absolute Gasteiger partial charge is 1.00 e. The van der Waals surface area contributed by atoms with Crippen LogP contribution in [0.15, 0.2) is 71.4 Å². The van der Waals surface area contributed by atoms with Crippen LogP contribution in [-0.4, -0.2) is 9.52 Å². The molecule has 1 aliphatic rings. The second-order valence-electron chi connectivity index (χ2n) is 11.4. The zero-order valence-electron chi connectivity index (χ0n) is 25.7. The van der Waals surface area contributed by atoms with Gasteiger partial charge in [-0.15, -0.1) is 23.3 Å². The van der Waals surface area contributed by atoms with Crippen LogP contribution in [0.1, 0.15) is 129 Å². The fourth-order valence-electron chi connectivity index (χ4n) is 5.98. The van der Waals surface area contributed by atoms with Gasteiger partial charge in [0.05, 0.1) is 0 Å². The second-order valence-corrected chi connectivity index (χ2v) is 13.3. The molecule has 0 saturated heterocycles. The Bertz CT molecular complexity index is 930. The van der Waals surface area contributed by atoms with Crippen molar-refractivity contribution in [2.75, 3.05) is 0 Å². The third kappa shape index (κ3) is 17.0. The number of rotatable bonds is 20. The summed E-state index contributed by atoms with van der Waals surface area (Å²) in [4.78, 5) is 0. The minimum absolute atomic E-state index is 0. The molecule has 0 heterocycles. The third-order valence-electron chi connectivity index (χ3n) is 8.23. The molecule has 0 bridgehead atoms. The molecule has 41 heavy (non-hydrogen) atoms. The van der Waals surface area contributed by atoms with Gasteiger partial charge in [-0.3, -0.25) is 0 Å². The molecule has 226 valence electrons. The first-order valence-corrected chi connectivity index (χ1v) is 17.1. The van der Waals surface area contributed by atoms with E-state index in [-0.39, 0.29) is 58.9 Å². The molecule has 0 N–H and O–H groups in total. The van der Waals surface area contributed by atoms with Crippen molar-refractivity contribution in [3.8, 4) is 0 Å². The molecule has 1 aliphatic carbocycles. The Morgan fingerprint density at radius 2 is 1.00 bits per heavy atom. The number of unbranched alkanes of at least 4 members (excludes halogenated alkanes) is 15. The van der Waals surface area contributed by atoms with Crippen molar-refractivity contribution in [2.45, 2.75) is 123 Å². The summed E-state index contributed by atoms with van der Waals surface area (Å²) in [6.45, 7) is 4.63. The van der Waals surface area contributed by atoms with Crippen LogP contribution in [0.4, 0.5) is 0 Å². The van der Waals surface area contributed by atoms with Crippen LogP contribution in [0.3, 0.4) is 0 Å². The van der Waals surface area contributed by atoms with Crippen molar-refractivity contribution in [2.24, 2.45) is 5.92 Å². The first-order valence-electron chi connectivity index (χ1n) is 15.7. The van der Waals surface area contributed by atoms with E-state index in [1.807, 2.05) is 0 Å². The standard InChI is InChI=1S/C36H53Si.3ClH.Ti/c1-3-4-5-6-7-8-9-10-11-12-13-14-15-16-17-24-29-34-31(2)30-35(32-25-20-18-21-26-32)36(34)37-33-27-22-19-23-28-33;;;;/h18-23,25-28,34H,3-17,24,29,37H2,1-2H3;3*1H;/q-1;;;;+4/p-3. The molecule has 1 unspecified atom stereocenters. The maximum atomic E-state index is 3.83. The fraction of sp³-hybridized carbons (Fsp3) is 0.556. The molecule has 5 heteroatoms. The van der Waals surface area contributed by atoms with Crippen LogP contribution in [0, 0.1) is 12.0 Å². The Hall–Kier alpha value is -0.279. The molecule has 0 aliphatic heterocycles. The predicted molar refractivity (Wildman–Crippen MR) is 168 cm³/mol. The first kappa shape index (κ1) is 42.9. The van der Waals surface area contributed by atoms with Crippen LogP contribution in [0.5, 0.6) is 0 Å². The number of hydrogen-bond acceptors (Lipinski definition) is 0. The quantitative estimate of drug-likeness (QED) is 0.112. The van der Waals surface area contributed by atoms with Crippen LogP contribution >= 0.6 is 0 Å². The van der Waals surface area contributed by atoms with Gasteiger partial charge >= 0.3 is 21.7 Å². The predicted octanol–water partition coefficient (Wildman–Crippen LogP) is 0.932. The second kappa shape index (κ2) is 27.3. The minimum Gasteiger partial charge on any atom is -1.00 e. The number of hydrogen-bond donors (Lipinski definition) is 0. The fourth-order valence-corrected chi connectivity index (χ4v) is 8.15. The van der Waals surface area contributed by atoms with Crippen LogP contribution < -0.4 is 42.4 Å². The molecular weight excluding hydrogens is 615 g/mol. The van der Waals surface area contributed by atoms with Gasteiger partial charge < -0.3 is 37.2 Å². The molecule has 1 atom stereocenters. The van der Waals surface area contributed by atoms with Crippen LogP contribution in [-0.2, 0) is 21.7 Å². The molecule has 0 amide bonds. The van der Waals surface area contributed by atoms with E-state index < -0.39 is 9.52 Å². The SMILES string of the molecule is CCCCCCCCCCCCCCCCCCC1C(C)=[C-]C(c2ccccc2)=C1[SiH2]c1ccccc1.[Cl-].[Cl-].[Cl-].[Ti+4]. The zero-order valence-corrected chi connectivity index (χ0v) is 31.0. The van der Waals surface area contributed by atoms with Gasteiger partial charge in [0.15, 0.2) is 0 Å². The molecular formula is C36H53Cl3SiTi. The van der Waals surface area contributed by atoms with Crippen molar-refractivity contribution in [1.82, 2.24) is 0 Å². The van der Waals surface area contributed by atoms with Gasteiger partial charge in [0.25, 0.3) is 0 Å². The number of allylic oxidation sites excluding steroid dienone is 4. The molecule has 2 aromatic rings. The van der Waals surface area contributed by atoms with E-state index >= 15 is 0 Å². The van der Waals surface area contributed by atoms with Gasteiger partial charge in [0, 0.05) is 9.52 Å². The summed E-state index contributed by atoms with van der Waals surface area (Å²) in [5.74, 6) is 0.619. The van der Waals surface area contributed by atoms with Gasteiger partial charge in [0.2, 0.25) is 0 Å². The Morgan fingerprint density at radius 3 is 1.46 bits per heavy atom. The van der Waals surface area contributed by atoms with Gasteiger partial charge in [-0.2, -0.15) is 16.8 Å². The van der Waals surface area contributed by atoms with Gasteiger partial charge in [0.1, 0.15) is 0 Å². The molecule has 0 aromatic heterocycles. The summed E-state index contributed by atoms with van der Waals surface area (Å²) < 4.78 is 0. The van der Waals surface area contributed by atoms with Gasteiger partial charge in [-0.25, -0.2) is 0 Å². The summed E-state index contributed by atoms with van der Waals surface area (Å²) >= 11 is 0. The van der Waals surface area contributed by atoms with E-state index in [4.69, 9.17) is 0 Å². The summed E-state index contributed by atoms with van der Waals surface area (Å²) in [5.41, 5.74) is 4.24. The first-order chi connectivity index (χ1) is 18.3. The van der Waals surface area contributed by atoms with E-state index in [0.29, 0.717) is 5.92 Å². The molecule has 0 fully saturated rings.